The van der Waals surface area contributed by atoms with E-state index in [0.717, 1.165) is 9.88 Å². The number of hydrogen-bond donors (Lipinski definition) is 1. The van der Waals surface area contributed by atoms with Crippen LogP contribution in [0.5, 0.6) is 0 Å². The van der Waals surface area contributed by atoms with Gasteiger partial charge in [0.25, 0.3) is 5.91 Å². The molecule has 1 N–H and O–H groups in total. The van der Waals surface area contributed by atoms with Crippen molar-refractivity contribution in [1.29, 1.82) is 0 Å². The van der Waals surface area contributed by atoms with Gasteiger partial charge in [-0.1, -0.05) is 11.2 Å². The van der Waals surface area contributed by atoms with Crippen LogP contribution in [-0.2, 0) is 13.0 Å². The second-order valence-electron chi connectivity index (χ2n) is 4.29. The van der Waals surface area contributed by atoms with Crippen LogP contribution in [0.3, 0.4) is 0 Å². The summed E-state index contributed by atoms with van der Waals surface area (Å²) in [5.74, 6) is 0.775. The maximum Gasteiger partial charge on any atom is 0.271 e. The lowest BCUT2D eigenvalue weighted by molar-refractivity contribution is 0.0945. The van der Waals surface area contributed by atoms with Crippen molar-refractivity contribution >= 4 is 28.6 Å². The number of nitrogens with one attached hydrogen (secondary N) is 1. The number of carbonyl (C=O) groups is 1. The number of nitrogens with zero attached hydrogens (tertiary/aromatic N) is 3. The Hall–Kier alpha value is -2.06. The second-order valence-corrected chi connectivity index (χ2v) is 6.39. The van der Waals surface area contributed by atoms with E-state index in [-0.39, 0.29) is 12.5 Å². The summed E-state index contributed by atoms with van der Waals surface area (Å²) in [5.41, 5.74) is 0.416. The van der Waals surface area contributed by atoms with E-state index in [1.807, 2.05) is 24.4 Å². The lowest BCUT2D eigenvalue weighted by atomic mass is 10.3. The summed E-state index contributed by atoms with van der Waals surface area (Å²) in [6, 6.07) is 3.99. The fourth-order valence-electron chi connectivity index (χ4n) is 1.71. The van der Waals surface area contributed by atoms with Gasteiger partial charge in [0, 0.05) is 10.3 Å². The van der Waals surface area contributed by atoms with Gasteiger partial charge in [0.2, 0.25) is 5.89 Å². The van der Waals surface area contributed by atoms with Gasteiger partial charge in [-0.25, -0.2) is 4.98 Å². The molecule has 0 saturated carbocycles. The molecule has 0 unspecified atom stereocenters. The molecule has 0 bridgehead atoms. The van der Waals surface area contributed by atoms with Crippen molar-refractivity contribution in [3.63, 3.8) is 0 Å². The quantitative estimate of drug-likeness (QED) is 0.781. The summed E-state index contributed by atoms with van der Waals surface area (Å²) in [6.45, 7) is 2.08. The van der Waals surface area contributed by atoms with E-state index in [1.54, 1.807) is 16.7 Å². The zero-order chi connectivity index (χ0) is 14.7. The minimum atomic E-state index is -0.232. The molecule has 0 aromatic carbocycles. The molecule has 0 saturated heterocycles. The third kappa shape index (κ3) is 3.53. The third-order valence-corrected chi connectivity index (χ3v) is 4.32. The zero-order valence-corrected chi connectivity index (χ0v) is 12.8. The first-order chi connectivity index (χ1) is 10.2. The lowest BCUT2D eigenvalue weighted by Crippen LogP contribution is -2.23. The summed E-state index contributed by atoms with van der Waals surface area (Å²) >= 11 is 3.08. The van der Waals surface area contributed by atoms with Gasteiger partial charge in [-0.05, 0) is 18.4 Å². The average molecular weight is 320 g/mol. The Kier molecular flexibility index (Phi) is 4.07. The van der Waals surface area contributed by atoms with E-state index in [2.05, 4.69) is 20.4 Å². The normalized spacial score (nSPS) is 10.7. The number of hydrogen-bond acceptors (Lipinski definition) is 7. The number of carbonyl (C=O) groups excluding carboxylic acids is 1. The standard InChI is InChI=1S/C13H12N4O2S2/c1-8-15-10(7-21-8)13(18)14-6-11-16-12(19-17-11)5-9-3-2-4-20-9/h2-4,7H,5-6H2,1H3,(H,14,18). The predicted octanol–water partition coefficient (Wildman–Crippen LogP) is 2.42. The summed E-state index contributed by atoms with van der Waals surface area (Å²) in [6.07, 6.45) is 0.615. The Morgan fingerprint density at radius 3 is 3.00 bits per heavy atom. The molecular weight excluding hydrogens is 308 g/mol. The van der Waals surface area contributed by atoms with Crippen LogP contribution in [0, 0.1) is 6.92 Å². The predicted molar refractivity (Wildman–Crippen MR) is 79.4 cm³/mol. The van der Waals surface area contributed by atoms with Gasteiger partial charge in [0.05, 0.1) is 18.0 Å². The van der Waals surface area contributed by atoms with E-state index >= 15 is 0 Å². The molecule has 0 aliphatic rings. The fourth-order valence-corrected chi connectivity index (χ4v) is 3.00. The first-order valence-electron chi connectivity index (χ1n) is 6.25. The van der Waals surface area contributed by atoms with Crippen LogP contribution in [0.15, 0.2) is 27.4 Å². The number of thiophene rings is 1. The van der Waals surface area contributed by atoms with Crippen LogP contribution in [0.4, 0.5) is 0 Å². The lowest BCUT2D eigenvalue weighted by Gasteiger charge is -1.98. The van der Waals surface area contributed by atoms with Crippen molar-refractivity contribution in [3.8, 4) is 0 Å². The van der Waals surface area contributed by atoms with Gasteiger partial charge in [-0.3, -0.25) is 4.79 Å². The maximum absolute atomic E-state index is 11.8. The first kappa shape index (κ1) is 13.9. The minimum Gasteiger partial charge on any atom is -0.343 e. The fraction of sp³-hybridized carbons (Fsp3) is 0.231. The Morgan fingerprint density at radius 2 is 2.29 bits per heavy atom. The van der Waals surface area contributed by atoms with Gasteiger partial charge >= 0.3 is 0 Å². The van der Waals surface area contributed by atoms with Crippen molar-refractivity contribution in [2.45, 2.75) is 19.9 Å². The van der Waals surface area contributed by atoms with E-state index in [1.165, 1.54) is 11.3 Å². The second kappa shape index (κ2) is 6.15. The van der Waals surface area contributed by atoms with Crippen LogP contribution >= 0.6 is 22.7 Å². The molecule has 0 fully saturated rings. The topological polar surface area (TPSA) is 80.9 Å². The minimum absolute atomic E-state index is 0.226. The van der Waals surface area contributed by atoms with E-state index in [4.69, 9.17) is 4.52 Å². The van der Waals surface area contributed by atoms with Crippen molar-refractivity contribution in [3.05, 3.63) is 50.2 Å². The third-order valence-electron chi connectivity index (χ3n) is 2.67. The van der Waals surface area contributed by atoms with Crippen molar-refractivity contribution in [1.82, 2.24) is 20.4 Å². The molecule has 108 valence electrons. The molecule has 0 radical (unpaired) electrons. The Morgan fingerprint density at radius 1 is 1.38 bits per heavy atom. The van der Waals surface area contributed by atoms with Gasteiger partial charge < -0.3 is 9.84 Å². The van der Waals surface area contributed by atoms with Crippen molar-refractivity contribution in [2.75, 3.05) is 0 Å². The van der Waals surface area contributed by atoms with Crippen molar-refractivity contribution < 1.29 is 9.32 Å². The molecule has 0 aliphatic carbocycles. The molecule has 21 heavy (non-hydrogen) atoms. The van der Waals surface area contributed by atoms with Crippen LogP contribution in [-0.4, -0.2) is 21.0 Å². The molecule has 6 nitrogen and oxygen atoms in total. The molecule has 0 aliphatic heterocycles. The summed E-state index contributed by atoms with van der Waals surface area (Å²) in [5, 5.41) is 11.2. The Balaban J connectivity index is 1.56. The highest BCUT2D eigenvalue weighted by Crippen LogP contribution is 2.13. The average Bonchev–Trinajstić information content (AvgIpc) is 3.19. The number of aromatic nitrogens is 3. The van der Waals surface area contributed by atoms with Gasteiger partial charge in [0.1, 0.15) is 5.69 Å². The highest BCUT2D eigenvalue weighted by atomic mass is 32.1. The van der Waals surface area contributed by atoms with E-state index in [9.17, 15) is 4.79 Å². The van der Waals surface area contributed by atoms with Gasteiger partial charge in [-0.15, -0.1) is 22.7 Å². The molecular formula is C13H12N4O2S2. The number of rotatable bonds is 5. The highest BCUT2D eigenvalue weighted by molar-refractivity contribution is 7.10. The summed E-state index contributed by atoms with van der Waals surface area (Å²) in [7, 11) is 0. The first-order valence-corrected chi connectivity index (χ1v) is 8.01. The number of aryl methyl sites for hydroxylation is 1. The maximum atomic E-state index is 11.8. The van der Waals surface area contributed by atoms with E-state index < -0.39 is 0 Å². The summed E-state index contributed by atoms with van der Waals surface area (Å²) < 4.78 is 5.16. The van der Waals surface area contributed by atoms with Crippen LogP contribution in [0.2, 0.25) is 0 Å². The smallest absolute Gasteiger partial charge is 0.271 e. The molecule has 3 aromatic rings. The van der Waals surface area contributed by atoms with Gasteiger partial charge in [0.15, 0.2) is 5.82 Å². The van der Waals surface area contributed by atoms with E-state index in [0.29, 0.717) is 23.8 Å². The SMILES string of the molecule is Cc1nc(C(=O)NCc2noc(Cc3cccs3)n2)cs1. The monoisotopic (exact) mass is 320 g/mol. The molecule has 8 heteroatoms. The Bertz CT molecular complexity index is 733. The molecule has 3 aromatic heterocycles. The molecule has 0 spiro atoms. The zero-order valence-electron chi connectivity index (χ0n) is 11.2. The molecule has 0 atom stereocenters. The van der Waals surface area contributed by atoms with Crippen LogP contribution in [0.1, 0.15) is 32.1 Å². The molecule has 3 heterocycles. The largest absolute Gasteiger partial charge is 0.343 e. The van der Waals surface area contributed by atoms with Crippen LogP contribution in [0.25, 0.3) is 0 Å². The van der Waals surface area contributed by atoms with Gasteiger partial charge in [-0.2, -0.15) is 4.98 Å². The number of thiazole rings is 1. The molecule has 3 rings (SSSR count). The highest BCUT2D eigenvalue weighted by Gasteiger charge is 2.12. The Labute approximate surface area is 128 Å². The van der Waals surface area contributed by atoms with Crippen molar-refractivity contribution in [2.24, 2.45) is 0 Å². The van der Waals surface area contributed by atoms with Crippen LogP contribution < -0.4 is 5.32 Å². The molecule has 1 amide bonds. The number of amides is 1. The summed E-state index contributed by atoms with van der Waals surface area (Å²) in [4.78, 5) is 21.4.